The van der Waals surface area contributed by atoms with E-state index in [1.807, 2.05) is 24.3 Å². The summed E-state index contributed by atoms with van der Waals surface area (Å²) in [6, 6.07) is 7.73. The van der Waals surface area contributed by atoms with Crippen molar-refractivity contribution in [2.75, 3.05) is 20.2 Å². The number of carbonyl (C=O) groups is 1. The lowest BCUT2D eigenvalue weighted by atomic mass is 9.81. The summed E-state index contributed by atoms with van der Waals surface area (Å²) in [5.74, 6) is -0.0203. The van der Waals surface area contributed by atoms with Crippen LogP contribution in [0.2, 0.25) is 5.02 Å². The molecule has 0 unspecified atom stereocenters. The topological polar surface area (TPSA) is 38.3 Å². The standard InChI is InChI=1S/C13H16ClNO2/c1-17-13(16)12-8-15-7-6-11(12)9-2-4-10(14)5-3-9/h2-5,11-12,15H,6-8H2,1H3/t11-,12+/m0/s1. The summed E-state index contributed by atoms with van der Waals surface area (Å²) in [4.78, 5) is 11.7. The van der Waals surface area contributed by atoms with E-state index in [2.05, 4.69) is 5.32 Å². The minimum absolute atomic E-state index is 0.102. The van der Waals surface area contributed by atoms with E-state index < -0.39 is 0 Å². The highest BCUT2D eigenvalue weighted by Crippen LogP contribution is 2.31. The summed E-state index contributed by atoms with van der Waals surface area (Å²) in [6.45, 7) is 1.61. The van der Waals surface area contributed by atoms with E-state index in [0.29, 0.717) is 6.54 Å². The lowest BCUT2D eigenvalue weighted by molar-refractivity contribution is -0.146. The number of hydrogen-bond donors (Lipinski definition) is 1. The second-order valence-corrected chi connectivity index (χ2v) is 4.72. The number of nitrogens with one attached hydrogen (secondary N) is 1. The number of carbonyl (C=O) groups excluding carboxylic acids is 1. The number of rotatable bonds is 2. The molecule has 1 N–H and O–H groups in total. The Hall–Kier alpha value is -1.06. The van der Waals surface area contributed by atoms with E-state index in [9.17, 15) is 4.79 Å². The molecule has 92 valence electrons. The molecule has 3 nitrogen and oxygen atoms in total. The minimum Gasteiger partial charge on any atom is -0.469 e. The van der Waals surface area contributed by atoms with Crippen LogP contribution in [0.4, 0.5) is 0 Å². The summed E-state index contributed by atoms with van der Waals surface area (Å²) in [5.41, 5.74) is 1.16. The average Bonchev–Trinajstić information content (AvgIpc) is 2.39. The normalized spacial score (nSPS) is 24.4. The maximum absolute atomic E-state index is 11.7. The molecular formula is C13H16ClNO2. The Morgan fingerprint density at radius 2 is 2.12 bits per heavy atom. The van der Waals surface area contributed by atoms with Crippen molar-refractivity contribution in [2.24, 2.45) is 5.92 Å². The van der Waals surface area contributed by atoms with E-state index >= 15 is 0 Å². The Balaban J connectivity index is 2.21. The molecular weight excluding hydrogens is 238 g/mol. The highest BCUT2D eigenvalue weighted by Gasteiger charge is 2.32. The van der Waals surface area contributed by atoms with Crippen molar-refractivity contribution in [1.29, 1.82) is 0 Å². The molecule has 4 heteroatoms. The van der Waals surface area contributed by atoms with Gasteiger partial charge in [-0.05, 0) is 36.6 Å². The van der Waals surface area contributed by atoms with Gasteiger partial charge in [0.05, 0.1) is 13.0 Å². The molecule has 0 bridgehead atoms. The van der Waals surface area contributed by atoms with Gasteiger partial charge in [0.1, 0.15) is 0 Å². The van der Waals surface area contributed by atoms with Crippen molar-refractivity contribution in [2.45, 2.75) is 12.3 Å². The molecule has 1 aromatic carbocycles. The first kappa shape index (κ1) is 12.4. The summed E-state index contributed by atoms with van der Waals surface area (Å²) in [7, 11) is 1.44. The van der Waals surface area contributed by atoms with Gasteiger partial charge in [0.25, 0.3) is 0 Å². The Morgan fingerprint density at radius 3 is 2.76 bits per heavy atom. The monoisotopic (exact) mass is 253 g/mol. The van der Waals surface area contributed by atoms with Crippen molar-refractivity contribution >= 4 is 17.6 Å². The Labute approximate surface area is 106 Å². The van der Waals surface area contributed by atoms with Crippen LogP contribution in [0.5, 0.6) is 0 Å². The molecule has 1 heterocycles. The van der Waals surface area contributed by atoms with Gasteiger partial charge in [-0.25, -0.2) is 0 Å². The fraction of sp³-hybridized carbons (Fsp3) is 0.462. The molecule has 1 aliphatic heterocycles. The maximum atomic E-state index is 11.7. The van der Waals surface area contributed by atoms with Crippen molar-refractivity contribution in [1.82, 2.24) is 5.32 Å². The first-order chi connectivity index (χ1) is 8.22. The molecule has 2 atom stereocenters. The van der Waals surface area contributed by atoms with Gasteiger partial charge in [-0.2, -0.15) is 0 Å². The number of methoxy groups -OCH3 is 1. The van der Waals surface area contributed by atoms with Gasteiger partial charge in [0.15, 0.2) is 0 Å². The molecule has 0 amide bonds. The van der Waals surface area contributed by atoms with Crippen molar-refractivity contribution in [3.63, 3.8) is 0 Å². The third-order valence-corrected chi connectivity index (χ3v) is 3.54. The van der Waals surface area contributed by atoms with Crippen LogP contribution >= 0.6 is 11.6 Å². The van der Waals surface area contributed by atoms with Crippen molar-refractivity contribution < 1.29 is 9.53 Å². The quantitative estimate of drug-likeness (QED) is 0.822. The Bertz CT molecular complexity index is 391. The zero-order valence-corrected chi connectivity index (χ0v) is 10.5. The van der Waals surface area contributed by atoms with E-state index in [4.69, 9.17) is 16.3 Å². The highest BCUT2D eigenvalue weighted by molar-refractivity contribution is 6.30. The van der Waals surface area contributed by atoms with Crippen LogP contribution in [0.1, 0.15) is 17.9 Å². The van der Waals surface area contributed by atoms with Gasteiger partial charge >= 0.3 is 5.97 Å². The van der Waals surface area contributed by atoms with Crippen molar-refractivity contribution in [3.05, 3.63) is 34.9 Å². The Kier molecular flexibility index (Phi) is 4.02. The lowest BCUT2D eigenvalue weighted by Gasteiger charge is -2.30. The summed E-state index contributed by atoms with van der Waals surface area (Å²) in [5, 5.41) is 3.95. The molecule has 2 rings (SSSR count). The first-order valence-corrected chi connectivity index (χ1v) is 6.14. The van der Waals surface area contributed by atoms with Gasteiger partial charge < -0.3 is 10.1 Å². The van der Waals surface area contributed by atoms with E-state index in [1.54, 1.807) is 0 Å². The first-order valence-electron chi connectivity index (χ1n) is 5.76. The van der Waals surface area contributed by atoms with Gasteiger partial charge in [0.2, 0.25) is 0 Å². The van der Waals surface area contributed by atoms with Crippen LogP contribution in [-0.2, 0) is 9.53 Å². The molecule has 1 aromatic rings. The molecule has 0 radical (unpaired) electrons. The van der Waals surface area contributed by atoms with Crippen LogP contribution in [0, 0.1) is 5.92 Å². The second kappa shape index (κ2) is 5.52. The molecule has 0 saturated carbocycles. The largest absolute Gasteiger partial charge is 0.469 e. The second-order valence-electron chi connectivity index (χ2n) is 4.28. The van der Waals surface area contributed by atoms with Gasteiger partial charge in [0, 0.05) is 11.6 Å². The molecule has 1 aliphatic rings. The van der Waals surface area contributed by atoms with E-state index in [1.165, 1.54) is 7.11 Å². The number of halogens is 1. The van der Waals surface area contributed by atoms with Crippen LogP contribution in [0.3, 0.4) is 0 Å². The molecule has 17 heavy (non-hydrogen) atoms. The lowest BCUT2D eigenvalue weighted by Crippen LogP contribution is -2.40. The summed E-state index contributed by atoms with van der Waals surface area (Å²) in [6.07, 6.45) is 0.946. The number of hydrogen-bond acceptors (Lipinski definition) is 3. The third-order valence-electron chi connectivity index (χ3n) is 3.28. The SMILES string of the molecule is COC(=O)[C@@H]1CNCC[C@H]1c1ccc(Cl)cc1. The van der Waals surface area contributed by atoms with Crippen LogP contribution in [0.25, 0.3) is 0 Å². The smallest absolute Gasteiger partial charge is 0.310 e. The number of ether oxygens (including phenoxy) is 1. The number of esters is 1. The zero-order valence-electron chi connectivity index (χ0n) is 9.78. The predicted molar refractivity (Wildman–Crippen MR) is 67.2 cm³/mol. The predicted octanol–water partition coefficient (Wildman–Crippen LogP) is 2.21. The summed E-state index contributed by atoms with van der Waals surface area (Å²) < 4.78 is 4.86. The van der Waals surface area contributed by atoms with Crippen LogP contribution < -0.4 is 5.32 Å². The molecule has 1 saturated heterocycles. The van der Waals surface area contributed by atoms with E-state index in [-0.39, 0.29) is 17.8 Å². The van der Waals surface area contributed by atoms with Crippen LogP contribution in [0.15, 0.2) is 24.3 Å². The number of benzene rings is 1. The van der Waals surface area contributed by atoms with Gasteiger partial charge in [-0.3, -0.25) is 4.79 Å². The highest BCUT2D eigenvalue weighted by atomic mass is 35.5. The zero-order chi connectivity index (χ0) is 12.3. The fourth-order valence-electron chi connectivity index (χ4n) is 2.37. The fourth-order valence-corrected chi connectivity index (χ4v) is 2.49. The molecule has 1 fully saturated rings. The third kappa shape index (κ3) is 2.79. The molecule has 0 spiro atoms. The van der Waals surface area contributed by atoms with Gasteiger partial charge in [-0.1, -0.05) is 23.7 Å². The molecule has 0 aromatic heterocycles. The Morgan fingerprint density at radius 1 is 1.41 bits per heavy atom. The summed E-state index contributed by atoms with van der Waals surface area (Å²) >= 11 is 5.87. The number of piperidine rings is 1. The maximum Gasteiger partial charge on any atom is 0.310 e. The van der Waals surface area contributed by atoms with E-state index in [0.717, 1.165) is 23.6 Å². The minimum atomic E-state index is -0.142. The molecule has 0 aliphatic carbocycles. The van der Waals surface area contributed by atoms with Gasteiger partial charge in [-0.15, -0.1) is 0 Å². The van der Waals surface area contributed by atoms with Crippen molar-refractivity contribution in [3.8, 4) is 0 Å². The van der Waals surface area contributed by atoms with Crippen LogP contribution in [-0.4, -0.2) is 26.2 Å². The average molecular weight is 254 g/mol.